The van der Waals surface area contributed by atoms with Crippen molar-refractivity contribution in [3.05, 3.63) is 66.2 Å². The molecule has 2 aromatic carbocycles. The van der Waals surface area contributed by atoms with Gasteiger partial charge in [-0.25, -0.2) is 0 Å². The molecule has 4 heteroatoms. The molecule has 0 aliphatic heterocycles. The lowest BCUT2D eigenvalue weighted by atomic mass is 9.95. The first kappa shape index (κ1) is 28.8. The Bertz CT molecular complexity index is 775. The fourth-order valence-electron chi connectivity index (χ4n) is 4.94. The summed E-state index contributed by atoms with van der Waals surface area (Å²) >= 11 is 0. The van der Waals surface area contributed by atoms with Crippen molar-refractivity contribution in [1.29, 1.82) is 0 Å². The van der Waals surface area contributed by atoms with Crippen LogP contribution in [0.3, 0.4) is 0 Å². The van der Waals surface area contributed by atoms with Crippen molar-refractivity contribution >= 4 is 35.5 Å². The van der Waals surface area contributed by atoms with E-state index in [-0.39, 0.29) is 11.2 Å². The molecule has 0 atom stereocenters. The van der Waals surface area contributed by atoms with Gasteiger partial charge in [0.2, 0.25) is 0 Å². The molecule has 0 aliphatic rings. The lowest BCUT2D eigenvalue weighted by Crippen LogP contribution is -2.34. The average molecular weight is 497 g/mol. The topological polar surface area (TPSA) is 18.5 Å². The highest BCUT2D eigenvalue weighted by atomic mass is 28.2. The zero-order chi connectivity index (χ0) is 25.0. The molecule has 2 nitrogen and oxygen atoms in total. The monoisotopic (exact) mass is 496 g/mol. The maximum absolute atomic E-state index is 6.48. The molecule has 188 valence electrons. The maximum Gasteiger partial charge on any atom is 0.193 e. The molecule has 0 unspecified atom stereocenters. The SMILES string of the molecule is C=C(c1ccc([SiH2]OC(C)(CCC)CCC)cc1)c1ccc([SiH2]OC(C)(CCC)CCC)cc1. The third-order valence-electron chi connectivity index (χ3n) is 6.89. The number of benzene rings is 2. The molecule has 0 bridgehead atoms. The van der Waals surface area contributed by atoms with E-state index in [2.05, 4.69) is 96.7 Å². The van der Waals surface area contributed by atoms with Crippen LogP contribution in [0, 0.1) is 0 Å². The van der Waals surface area contributed by atoms with Crippen molar-refractivity contribution in [3.8, 4) is 0 Å². The van der Waals surface area contributed by atoms with E-state index in [4.69, 9.17) is 8.85 Å². The molecular formula is C30H48O2Si2. The molecule has 0 heterocycles. The molecule has 0 aliphatic carbocycles. The first-order chi connectivity index (χ1) is 16.3. The van der Waals surface area contributed by atoms with E-state index in [1.54, 1.807) is 0 Å². The van der Waals surface area contributed by atoms with Gasteiger partial charge in [0.1, 0.15) is 0 Å². The second kappa shape index (κ2) is 14.2. The predicted octanol–water partition coefficient (Wildman–Crippen LogP) is 5.92. The molecule has 0 amide bonds. The van der Waals surface area contributed by atoms with Crippen LogP contribution >= 0.6 is 0 Å². The summed E-state index contributed by atoms with van der Waals surface area (Å²) in [4.78, 5) is 0. The highest BCUT2D eigenvalue weighted by Crippen LogP contribution is 2.25. The van der Waals surface area contributed by atoms with Crippen LogP contribution in [0.1, 0.15) is 104 Å². The van der Waals surface area contributed by atoms with Crippen molar-refractivity contribution in [2.24, 2.45) is 0 Å². The summed E-state index contributed by atoms with van der Waals surface area (Å²) < 4.78 is 13.0. The zero-order valence-corrected chi connectivity index (χ0v) is 25.5. The zero-order valence-electron chi connectivity index (χ0n) is 22.7. The maximum atomic E-state index is 6.48. The third kappa shape index (κ3) is 8.96. The standard InChI is InChI=1S/C30H48O2Si2/c1-8-20-29(6,21-9-2)31-33-27-16-12-25(13-17-27)24(5)26-14-18-28(19-15-26)34-32-30(7,22-10-3)23-11-4/h12-19H,5,8-11,20-23,33-34H2,1-4,6-7H3. The predicted molar refractivity (Wildman–Crippen MR) is 156 cm³/mol. The van der Waals surface area contributed by atoms with Crippen molar-refractivity contribution in [3.63, 3.8) is 0 Å². The van der Waals surface area contributed by atoms with Crippen LogP contribution in [0.2, 0.25) is 0 Å². The van der Waals surface area contributed by atoms with Crippen molar-refractivity contribution in [1.82, 2.24) is 0 Å². The van der Waals surface area contributed by atoms with E-state index >= 15 is 0 Å². The summed E-state index contributed by atoms with van der Waals surface area (Å²) in [5.74, 6) is 0. The Balaban J connectivity index is 1.96. The molecule has 2 rings (SSSR count). The van der Waals surface area contributed by atoms with Gasteiger partial charge < -0.3 is 8.85 Å². The van der Waals surface area contributed by atoms with Gasteiger partial charge in [0.25, 0.3) is 0 Å². The highest BCUT2D eigenvalue weighted by Gasteiger charge is 2.23. The summed E-state index contributed by atoms with van der Waals surface area (Å²) in [6.07, 6.45) is 9.27. The second-order valence-corrected chi connectivity index (χ2v) is 13.1. The Morgan fingerprint density at radius 2 is 0.912 bits per heavy atom. The van der Waals surface area contributed by atoms with Gasteiger partial charge in [-0.05, 0) is 66.6 Å². The van der Waals surface area contributed by atoms with Crippen molar-refractivity contribution < 1.29 is 8.85 Å². The fraction of sp³-hybridized carbons (Fsp3) is 0.533. The van der Waals surface area contributed by atoms with E-state index in [9.17, 15) is 0 Å². The minimum absolute atomic E-state index is 0.0390. The van der Waals surface area contributed by atoms with Gasteiger partial charge in [-0.3, -0.25) is 0 Å². The van der Waals surface area contributed by atoms with Gasteiger partial charge in [0.15, 0.2) is 19.5 Å². The van der Waals surface area contributed by atoms with Gasteiger partial charge in [-0.1, -0.05) is 108 Å². The van der Waals surface area contributed by atoms with E-state index in [0.717, 1.165) is 31.3 Å². The van der Waals surface area contributed by atoms with Crippen LogP contribution in [0.4, 0.5) is 0 Å². The molecule has 0 saturated heterocycles. The quantitative estimate of drug-likeness (QED) is 0.269. The third-order valence-corrected chi connectivity index (χ3v) is 10.2. The Morgan fingerprint density at radius 3 is 1.18 bits per heavy atom. The van der Waals surface area contributed by atoms with Crippen LogP contribution in [-0.4, -0.2) is 30.7 Å². The Labute approximate surface area is 214 Å². The average Bonchev–Trinajstić information content (AvgIpc) is 2.82. The summed E-state index contributed by atoms with van der Waals surface area (Å²) in [5, 5.41) is 2.71. The molecule has 34 heavy (non-hydrogen) atoms. The molecule has 0 aromatic heterocycles. The van der Waals surface area contributed by atoms with Crippen LogP contribution in [0.5, 0.6) is 0 Å². The van der Waals surface area contributed by atoms with Crippen LogP contribution in [-0.2, 0) is 8.85 Å². The Hall–Kier alpha value is -1.47. The van der Waals surface area contributed by atoms with E-state index < -0.39 is 19.5 Å². The van der Waals surface area contributed by atoms with Crippen LogP contribution in [0.15, 0.2) is 55.1 Å². The minimum Gasteiger partial charge on any atom is -0.413 e. The summed E-state index contributed by atoms with van der Waals surface area (Å²) in [5.41, 5.74) is 3.52. The largest absolute Gasteiger partial charge is 0.413 e. The number of hydrogen-bond acceptors (Lipinski definition) is 2. The van der Waals surface area contributed by atoms with Gasteiger partial charge in [-0.2, -0.15) is 0 Å². The molecule has 0 fully saturated rings. The van der Waals surface area contributed by atoms with Crippen LogP contribution < -0.4 is 10.4 Å². The van der Waals surface area contributed by atoms with Crippen molar-refractivity contribution in [2.45, 2.75) is 104 Å². The molecular weight excluding hydrogens is 449 g/mol. The highest BCUT2D eigenvalue weighted by molar-refractivity contribution is 6.47. The number of hydrogen-bond donors (Lipinski definition) is 0. The van der Waals surface area contributed by atoms with E-state index in [1.165, 1.54) is 47.2 Å². The summed E-state index contributed by atoms with van der Waals surface area (Å²) in [6.45, 7) is 17.9. The molecule has 0 saturated carbocycles. The van der Waals surface area contributed by atoms with Gasteiger partial charge in [0.05, 0.1) is 11.2 Å². The summed E-state index contributed by atoms with van der Waals surface area (Å²) in [7, 11) is -1.46. The normalized spacial score (nSPS) is 12.9. The summed E-state index contributed by atoms with van der Waals surface area (Å²) in [6, 6.07) is 17.8. The number of rotatable bonds is 16. The van der Waals surface area contributed by atoms with E-state index in [1.807, 2.05) is 0 Å². The molecule has 0 spiro atoms. The molecule has 2 aromatic rings. The lowest BCUT2D eigenvalue weighted by Gasteiger charge is -2.30. The molecule has 0 radical (unpaired) electrons. The van der Waals surface area contributed by atoms with Gasteiger partial charge >= 0.3 is 0 Å². The molecule has 0 N–H and O–H groups in total. The fourth-order valence-corrected chi connectivity index (χ4v) is 7.40. The van der Waals surface area contributed by atoms with Crippen LogP contribution in [0.25, 0.3) is 5.57 Å². The first-order valence-electron chi connectivity index (χ1n) is 13.4. The minimum atomic E-state index is -0.730. The van der Waals surface area contributed by atoms with Crippen molar-refractivity contribution in [2.75, 3.05) is 0 Å². The van der Waals surface area contributed by atoms with E-state index in [0.29, 0.717) is 0 Å². The first-order valence-corrected chi connectivity index (χ1v) is 16.0. The van der Waals surface area contributed by atoms with Gasteiger partial charge in [0, 0.05) is 0 Å². The Morgan fingerprint density at radius 1 is 0.618 bits per heavy atom. The second-order valence-electron chi connectivity index (χ2n) is 10.3. The smallest absolute Gasteiger partial charge is 0.193 e. The Kier molecular flexibility index (Phi) is 12.0. The van der Waals surface area contributed by atoms with Gasteiger partial charge in [-0.15, -0.1) is 0 Å². The lowest BCUT2D eigenvalue weighted by molar-refractivity contribution is 0.0748.